The highest BCUT2D eigenvalue weighted by atomic mass is 16.5. The SMILES string of the molecule is C=C1/C=C\C=C/Cc2cc(N(c3ccc4c(ccc5c6ccccc6ccc45)c3)c3cccc4c3c3ccccc3n4-c3ccccc3)ccc2O1. The van der Waals surface area contributed by atoms with Crippen LogP contribution in [0.15, 0.2) is 194 Å². The summed E-state index contributed by atoms with van der Waals surface area (Å²) in [5, 5.41) is 9.91. The minimum Gasteiger partial charge on any atom is -0.458 e. The molecule has 0 amide bonds. The van der Waals surface area contributed by atoms with Crippen LogP contribution in [0.5, 0.6) is 5.75 Å². The van der Waals surface area contributed by atoms with Crippen LogP contribution in [-0.2, 0) is 6.42 Å². The number of benzene rings is 8. The number of fused-ring (bicyclic) bond motifs is 9. The second kappa shape index (κ2) is 12.2. The molecule has 2 heterocycles. The molecule has 1 aliphatic heterocycles. The number of aromatic nitrogens is 1. The van der Waals surface area contributed by atoms with Crippen LogP contribution in [0.4, 0.5) is 17.1 Å². The molecule has 0 N–H and O–H groups in total. The summed E-state index contributed by atoms with van der Waals surface area (Å²) in [6.45, 7) is 4.11. The number of ether oxygens (including phenoxy) is 1. The minimum atomic E-state index is 0.616. The Morgan fingerprint density at radius 3 is 2.12 bits per heavy atom. The Hall–Kier alpha value is -6.84. The Morgan fingerprint density at radius 1 is 0.538 bits per heavy atom. The Bertz CT molecular complexity index is 2930. The van der Waals surface area contributed by atoms with E-state index < -0.39 is 0 Å². The maximum atomic E-state index is 6.23. The van der Waals surface area contributed by atoms with E-state index in [0.717, 1.165) is 46.0 Å². The van der Waals surface area contributed by atoms with Crippen molar-refractivity contribution in [3.63, 3.8) is 0 Å². The number of para-hydroxylation sites is 2. The van der Waals surface area contributed by atoms with Crippen molar-refractivity contribution >= 4 is 71.2 Å². The molecule has 52 heavy (non-hydrogen) atoms. The molecular weight excluding hydrogens is 633 g/mol. The van der Waals surface area contributed by atoms with E-state index in [0.29, 0.717) is 5.76 Å². The smallest absolute Gasteiger partial charge is 0.131 e. The predicted octanol–water partition coefficient (Wildman–Crippen LogP) is 13.3. The highest BCUT2D eigenvalue weighted by Crippen LogP contribution is 2.45. The van der Waals surface area contributed by atoms with Crippen LogP contribution in [0.2, 0.25) is 0 Å². The molecule has 0 unspecified atom stereocenters. The molecule has 8 aromatic carbocycles. The first kappa shape index (κ1) is 30.0. The second-order valence-electron chi connectivity index (χ2n) is 13.4. The minimum absolute atomic E-state index is 0.616. The average Bonchev–Trinajstić information content (AvgIpc) is 3.57. The van der Waals surface area contributed by atoms with Gasteiger partial charge in [0.25, 0.3) is 0 Å². The molecule has 0 spiro atoms. The predicted molar refractivity (Wildman–Crippen MR) is 220 cm³/mol. The first-order chi connectivity index (χ1) is 25.7. The maximum absolute atomic E-state index is 6.23. The van der Waals surface area contributed by atoms with Gasteiger partial charge in [-0.1, -0.05) is 122 Å². The van der Waals surface area contributed by atoms with Gasteiger partial charge in [-0.25, -0.2) is 0 Å². The zero-order chi connectivity index (χ0) is 34.6. The summed E-state index contributed by atoms with van der Waals surface area (Å²) in [5.74, 6) is 1.44. The number of hydrogen-bond donors (Lipinski definition) is 0. The Balaban J connectivity index is 1.24. The second-order valence-corrected chi connectivity index (χ2v) is 13.4. The summed E-state index contributed by atoms with van der Waals surface area (Å²) >= 11 is 0. The van der Waals surface area contributed by atoms with Crippen molar-refractivity contribution in [3.8, 4) is 11.4 Å². The van der Waals surface area contributed by atoms with Gasteiger partial charge in [0.1, 0.15) is 11.5 Å². The molecule has 0 saturated heterocycles. The third-order valence-electron chi connectivity index (χ3n) is 10.3. The lowest BCUT2D eigenvalue weighted by Gasteiger charge is -2.28. The van der Waals surface area contributed by atoms with Crippen LogP contribution >= 0.6 is 0 Å². The van der Waals surface area contributed by atoms with Crippen molar-refractivity contribution in [2.24, 2.45) is 0 Å². The van der Waals surface area contributed by atoms with Crippen molar-refractivity contribution in [3.05, 3.63) is 200 Å². The standard InChI is InChI=1S/C49H34N2O/c1-33-13-4-2-5-15-36-32-39(26-30-48(36)52-33)50(38-25-29-41-35(31-38)24-28-42-40-18-9-8-14-34(40)23-27-43(41)42)46-21-12-22-47-49(46)44-19-10-11-20-45(44)51(47)37-16-6-3-7-17-37/h2-14,16-32H,1,15H2/b5-2-,13-4-. The molecule has 0 aliphatic carbocycles. The van der Waals surface area contributed by atoms with Gasteiger partial charge in [-0.2, -0.15) is 0 Å². The third kappa shape index (κ3) is 4.90. The molecule has 10 rings (SSSR count). The molecule has 246 valence electrons. The lowest BCUT2D eigenvalue weighted by molar-refractivity contribution is 0.443. The Kier molecular flexibility index (Phi) is 7.04. The van der Waals surface area contributed by atoms with Crippen molar-refractivity contribution < 1.29 is 4.74 Å². The van der Waals surface area contributed by atoms with Crippen molar-refractivity contribution in [2.45, 2.75) is 6.42 Å². The average molecular weight is 667 g/mol. The van der Waals surface area contributed by atoms with E-state index in [9.17, 15) is 0 Å². The van der Waals surface area contributed by atoms with Gasteiger partial charge in [0.05, 0.1) is 16.7 Å². The molecule has 9 aromatic rings. The van der Waals surface area contributed by atoms with Gasteiger partial charge in [0.15, 0.2) is 0 Å². The van der Waals surface area contributed by atoms with Crippen LogP contribution in [0.3, 0.4) is 0 Å². The monoisotopic (exact) mass is 666 g/mol. The number of nitrogens with zero attached hydrogens (tertiary/aromatic N) is 2. The summed E-state index contributed by atoms with van der Waals surface area (Å²) in [7, 11) is 0. The lowest BCUT2D eigenvalue weighted by atomic mass is 9.96. The Labute approximate surface area is 302 Å². The molecule has 0 radical (unpaired) electrons. The van der Waals surface area contributed by atoms with Crippen LogP contribution in [0.1, 0.15) is 5.56 Å². The quantitative estimate of drug-likeness (QED) is 0.174. The van der Waals surface area contributed by atoms with Gasteiger partial charge in [-0.3, -0.25) is 0 Å². The number of allylic oxidation sites excluding steroid dienone is 4. The van der Waals surface area contributed by atoms with Crippen LogP contribution in [0.25, 0.3) is 59.8 Å². The molecule has 0 fully saturated rings. The number of anilines is 3. The number of hydrogen-bond acceptors (Lipinski definition) is 2. The fourth-order valence-electron chi connectivity index (χ4n) is 8.00. The van der Waals surface area contributed by atoms with Crippen LogP contribution in [0, 0.1) is 0 Å². The van der Waals surface area contributed by atoms with Gasteiger partial charge in [0, 0.05) is 33.4 Å². The molecule has 0 saturated carbocycles. The fourth-order valence-corrected chi connectivity index (χ4v) is 8.00. The molecule has 1 aliphatic rings. The highest BCUT2D eigenvalue weighted by molar-refractivity contribution is 6.19. The molecule has 0 atom stereocenters. The van der Waals surface area contributed by atoms with E-state index in [1.165, 1.54) is 48.6 Å². The van der Waals surface area contributed by atoms with Crippen molar-refractivity contribution in [2.75, 3.05) is 4.90 Å². The summed E-state index contributed by atoms with van der Waals surface area (Å²) in [4.78, 5) is 2.41. The van der Waals surface area contributed by atoms with E-state index in [4.69, 9.17) is 4.74 Å². The lowest BCUT2D eigenvalue weighted by Crippen LogP contribution is -2.11. The van der Waals surface area contributed by atoms with Gasteiger partial charge in [-0.15, -0.1) is 0 Å². The van der Waals surface area contributed by atoms with Crippen molar-refractivity contribution in [1.82, 2.24) is 4.57 Å². The first-order valence-corrected chi connectivity index (χ1v) is 17.8. The van der Waals surface area contributed by atoms with E-state index in [-0.39, 0.29) is 0 Å². The van der Waals surface area contributed by atoms with Gasteiger partial charge in [-0.05, 0) is 105 Å². The maximum Gasteiger partial charge on any atom is 0.131 e. The van der Waals surface area contributed by atoms with Gasteiger partial charge < -0.3 is 14.2 Å². The third-order valence-corrected chi connectivity index (χ3v) is 10.3. The highest BCUT2D eigenvalue weighted by Gasteiger charge is 2.22. The summed E-state index contributed by atoms with van der Waals surface area (Å²) in [5.41, 5.74) is 7.82. The van der Waals surface area contributed by atoms with Gasteiger partial charge in [0.2, 0.25) is 0 Å². The zero-order valence-corrected chi connectivity index (χ0v) is 28.5. The van der Waals surface area contributed by atoms with E-state index in [1.54, 1.807) is 0 Å². The van der Waals surface area contributed by atoms with Gasteiger partial charge >= 0.3 is 0 Å². The van der Waals surface area contributed by atoms with Crippen molar-refractivity contribution in [1.29, 1.82) is 0 Å². The summed E-state index contributed by atoms with van der Waals surface area (Å²) in [6, 6.07) is 57.2. The molecule has 3 nitrogen and oxygen atoms in total. The van der Waals surface area contributed by atoms with Crippen LogP contribution < -0.4 is 9.64 Å². The largest absolute Gasteiger partial charge is 0.458 e. The topological polar surface area (TPSA) is 17.4 Å². The molecule has 1 aromatic heterocycles. The molecular formula is C49H34N2O. The number of rotatable bonds is 4. The van der Waals surface area contributed by atoms with E-state index >= 15 is 0 Å². The summed E-state index contributed by atoms with van der Waals surface area (Å²) in [6.07, 6.45) is 8.85. The zero-order valence-electron chi connectivity index (χ0n) is 28.5. The van der Waals surface area contributed by atoms with Crippen LogP contribution in [-0.4, -0.2) is 4.57 Å². The van der Waals surface area contributed by atoms with E-state index in [2.05, 4.69) is 186 Å². The Morgan fingerprint density at radius 2 is 1.23 bits per heavy atom. The van der Waals surface area contributed by atoms with E-state index in [1.807, 2.05) is 12.2 Å². The molecule has 3 heteroatoms. The summed E-state index contributed by atoms with van der Waals surface area (Å²) < 4.78 is 8.61. The first-order valence-electron chi connectivity index (χ1n) is 17.8. The fraction of sp³-hybridized carbons (Fsp3) is 0.0204. The normalized spacial score (nSPS) is 14.2. The molecule has 0 bridgehead atoms.